The second kappa shape index (κ2) is 7.05. The molecular weight excluding hydrogens is 242 g/mol. The van der Waals surface area contributed by atoms with E-state index in [0.717, 1.165) is 17.2 Å². The van der Waals surface area contributed by atoms with Gasteiger partial charge in [0.15, 0.2) is 0 Å². The summed E-state index contributed by atoms with van der Waals surface area (Å²) in [5, 5.41) is 9.58. The standard InChI is InChI=1S/C12H17NOS.ClH/c14-12-6-2-1-5-11(12)9-15-10-13-7-3-4-8-13;/h1-2,5-6,14H,3-4,7-10H2;1H. The van der Waals surface area contributed by atoms with E-state index in [9.17, 15) is 5.11 Å². The molecule has 0 bridgehead atoms. The van der Waals surface area contributed by atoms with E-state index in [1.54, 1.807) is 6.07 Å². The lowest BCUT2D eigenvalue weighted by Gasteiger charge is -2.13. The fraction of sp³-hybridized carbons (Fsp3) is 0.500. The Hall–Kier alpha value is -0.380. The van der Waals surface area contributed by atoms with Crippen molar-refractivity contribution in [3.05, 3.63) is 29.8 Å². The largest absolute Gasteiger partial charge is 0.508 e. The number of likely N-dealkylation sites (tertiary alicyclic amines) is 1. The van der Waals surface area contributed by atoms with E-state index in [2.05, 4.69) is 4.90 Å². The lowest BCUT2D eigenvalue weighted by atomic mass is 10.2. The summed E-state index contributed by atoms with van der Waals surface area (Å²) in [5.74, 6) is 2.42. The zero-order valence-electron chi connectivity index (χ0n) is 9.26. The fourth-order valence-corrected chi connectivity index (χ4v) is 2.90. The third-order valence-electron chi connectivity index (χ3n) is 2.72. The van der Waals surface area contributed by atoms with Crippen LogP contribution in [0, 0.1) is 0 Å². The summed E-state index contributed by atoms with van der Waals surface area (Å²) in [7, 11) is 0. The second-order valence-corrected chi connectivity index (χ2v) is 4.89. The Bertz CT molecular complexity index is 316. The molecule has 0 unspecified atom stereocenters. The van der Waals surface area contributed by atoms with Crippen molar-refractivity contribution in [2.75, 3.05) is 19.0 Å². The first-order valence-electron chi connectivity index (χ1n) is 5.43. The van der Waals surface area contributed by atoms with Gasteiger partial charge in [-0.05, 0) is 32.0 Å². The van der Waals surface area contributed by atoms with Gasteiger partial charge < -0.3 is 5.11 Å². The van der Waals surface area contributed by atoms with Gasteiger partial charge in [0.25, 0.3) is 0 Å². The molecule has 2 rings (SSSR count). The van der Waals surface area contributed by atoms with Crippen molar-refractivity contribution in [1.29, 1.82) is 0 Å². The third-order valence-corrected chi connectivity index (χ3v) is 3.78. The monoisotopic (exact) mass is 259 g/mol. The number of aromatic hydroxyl groups is 1. The minimum absolute atomic E-state index is 0. The van der Waals surface area contributed by atoms with Gasteiger partial charge in [-0.15, -0.1) is 24.2 Å². The van der Waals surface area contributed by atoms with Crippen molar-refractivity contribution >= 4 is 24.2 Å². The molecule has 1 aromatic carbocycles. The van der Waals surface area contributed by atoms with Gasteiger partial charge >= 0.3 is 0 Å². The highest BCUT2D eigenvalue weighted by atomic mass is 35.5. The van der Waals surface area contributed by atoms with E-state index in [-0.39, 0.29) is 12.4 Å². The van der Waals surface area contributed by atoms with Crippen LogP contribution in [-0.4, -0.2) is 29.0 Å². The molecule has 0 spiro atoms. The van der Waals surface area contributed by atoms with Gasteiger partial charge in [0.2, 0.25) is 0 Å². The Morgan fingerprint density at radius 3 is 2.56 bits per heavy atom. The summed E-state index contributed by atoms with van der Waals surface area (Å²) in [4.78, 5) is 2.48. The number of nitrogens with zero attached hydrogens (tertiary/aromatic N) is 1. The number of halogens is 1. The molecule has 0 amide bonds. The Labute approximate surface area is 107 Å². The molecule has 1 aliphatic heterocycles. The summed E-state index contributed by atoms with van der Waals surface area (Å²) < 4.78 is 0. The highest BCUT2D eigenvalue weighted by Crippen LogP contribution is 2.22. The predicted octanol–water partition coefficient (Wildman–Crippen LogP) is 3.10. The summed E-state index contributed by atoms with van der Waals surface area (Å²) in [6.07, 6.45) is 2.69. The minimum atomic E-state index is 0. The van der Waals surface area contributed by atoms with E-state index >= 15 is 0 Å². The normalized spacial score (nSPS) is 16.0. The van der Waals surface area contributed by atoms with Gasteiger partial charge in [0.05, 0.1) is 0 Å². The average molecular weight is 260 g/mol. The van der Waals surface area contributed by atoms with Crippen molar-refractivity contribution in [2.24, 2.45) is 0 Å². The Morgan fingerprint density at radius 1 is 1.19 bits per heavy atom. The van der Waals surface area contributed by atoms with Crippen LogP contribution in [-0.2, 0) is 5.75 Å². The first kappa shape index (κ1) is 13.7. The molecule has 1 heterocycles. The van der Waals surface area contributed by atoms with E-state index in [0.29, 0.717) is 5.75 Å². The van der Waals surface area contributed by atoms with Crippen molar-refractivity contribution < 1.29 is 5.11 Å². The summed E-state index contributed by atoms with van der Waals surface area (Å²) >= 11 is 1.88. The molecule has 2 nitrogen and oxygen atoms in total. The van der Waals surface area contributed by atoms with Crippen molar-refractivity contribution in [3.8, 4) is 5.75 Å². The molecule has 16 heavy (non-hydrogen) atoms. The number of thioether (sulfide) groups is 1. The summed E-state index contributed by atoms with van der Waals surface area (Å²) in [6.45, 7) is 2.49. The van der Waals surface area contributed by atoms with Crippen LogP contribution < -0.4 is 0 Å². The zero-order valence-corrected chi connectivity index (χ0v) is 10.9. The van der Waals surface area contributed by atoms with Crippen LogP contribution >= 0.6 is 24.2 Å². The molecule has 1 saturated heterocycles. The molecule has 1 aromatic rings. The molecule has 0 atom stereocenters. The number of hydrogen-bond donors (Lipinski definition) is 1. The second-order valence-electron chi connectivity index (χ2n) is 3.93. The van der Waals surface area contributed by atoms with Crippen LogP contribution in [0.25, 0.3) is 0 Å². The molecule has 0 aromatic heterocycles. The topological polar surface area (TPSA) is 23.5 Å². The van der Waals surface area contributed by atoms with E-state index < -0.39 is 0 Å². The first-order chi connectivity index (χ1) is 7.36. The molecule has 1 N–H and O–H groups in total. The number of para-hydroxylation sites is 1. The summed E-state index contributed by atoms with van der Waals surface area (Å²) in [5.41, 5.74) is 1.04. The fourth-order valence-electron chi connectivity index (χ4n) is 1.83. The van der Waals surface area contributed by atoms with E-state index in [1.807, 2.05) is 30.0 Å². The molecule has 4 heteroatoms. The van der Waals surface area contributed by atoms with Gasteiger partial charge in [-0.3, -0.25) is 4.90 Å². The molecule has 90 valence electrons. The van der Waals surface area contributed by atoms with Gasteiger partial charge in [-0.2, -0.15) is 0 Å². The van der Waals surface area contributed by atoms with Crippen LogP contribution in [0.4, 0.5) is 0 Å². The van der Waals surface area contributed by atoms with Crippen molar-refractivity contribution in [3.63, 3.8) is 0 Å². The van der Waals surface area contributed by atoms with Crippen LogP contribution in [0.15, 0.2) is 24.3 Å². The maximum Gasteiger partial charge on any atom is 0.119 e. The molecule has 1 fully saturated rings. The van der Waals surface area contributed by atoms with Crippen molar-refractivity contribution in [2.45, 2.75) is 18.6 Å². The minimum Gasteiger partial charge on any atom is -0.508 e. The number of benzene rings is 1. The molecule has 0 aliphatic carbocycles. The number of hydrogen-bond acceptors (Lipinski definition) is 3. The van der Waals surface area contributed by atoms with Gasteiger partial charge in [-0.1, -0.05) is 18.2 Å². The molecular formula is C12H18ClNOS. The SMILES string of the molecule is Cl.Oc1ccccc1CSCN1CCCC1. The van der Waals surface area contributed by atoms with Crippen LogP contribution in [0.3, 0.4) is 0 Å². The number of phenolic OH excluding ortho intramolecular Hbond substituents is 1. The van der Waals surface area contributed by atoms with E-state index in [1.165, 1.54) is 25.9 Å². The van der Waals surface area contributed by atoms with Crippen LogP contribution in [0.2, 0.25) is 0 Å². The Balaban J connectivity index is 0.00000128. The van der Waals surface area contributed by atoms with Crippen molar-refractivity contribution in [1.82, 2.24) is 4.90 Å². The van der Waals surface area contributed by atoms with Gasteiger partial charge in [-0.25, -0.2) is 0 Å². The van der Waals surface area contributed by atoms with Gasteiger partial charge in [0.1, 0.15) is 5.75 Å². The Morgan fingerprint density at radius 2 is 1.88 bits per heavy atom. The Kier molecular flexibility index (Phi) is 6.03. The predicted molar refractivity (Wildman–Crippen MR) is 72.3 cm³/mol. The van der Waals surface area contributed by atoms with Gasteiger partial charge in [0, 0.05) is 17.2 Å². The molecule has 1 aliphatic rings. The maximum absolute atomic E-state index is 9.58. The number of phenols is 1. The highest BCUT2D eigenvalue weighted by Gasteiger charge is 2.10. The smallest absolute Gasteiger partial charge is 0.119 e. The maximum atomic E-state index is 9.58. The molecule has 0 saturated carbocycles. The quantitative estimate of drug-likeness (QED) is 0.899. The number of rotatable bonds is 4. The zero-order chi connectivity index (χ0) is 10.5. The summed E-state index contributed by atoms with van der Waals surface area (Å²) in [6, 6.07) is 7.59. The highest BCUT2D eigenvalue weighted by molar-refractivity contribution is 7.98. The third kappa shape index (κ3) is 3.89. The lowest BCUT2D eigenvalue weighted by Crippen LogP contribution is -2.18. The van der Waals surface area contributed by atoms with Crippen LogP contribution in [0.1, 0.15) is 18.4 Å². The van der Waals surface area contributed by atoms with E-state index in [4.69, 9.17) is 0 Å². The lowest BCUT2D eigenvalue weighted by molar-refractivity contribution is 0.401. The average Bonchev–Trinajstić information content (AvgIpc) is 2.74. The van der Waals surface area contributed by atoms with Crippen LogP contribution in [0.5, 0.6) is 5.75 Å². The first-order valence-corrected chi connectivity index (χ1v) is 6.59. The molecule has 0 radical (unpaired) electrons.